The van der Waals surface area contributed by atoms with Crippen molar-refractivity contribution >= 4 is 29.8 Å². The second-order valence-electron chi connectivity index (χ2n) is 15.9. The summed E-state index contributed by atoms with van der Waals surface area (Å²) in [7, 11) is 1.60. The Kier molecular flexibility index (Phi) is 17.3. The number of methoxy groups -OCH3 is 1. The number of epoxide rings is 1. The Hall–Kier alpha value is -3.67. The van der Waals surface area contributed by atoms with E-state index in [0.29, 0.717) is 26.2 Å². The predicted molar refractivity (Wildman–Crippen MR) is 207 cm³/mol. The van der Waals surface area contributed by atoms with Crippen LogP contribution in [0.2, 0.25) is 0 Å². The van der Waals surface area contributed by atoms with Gasteiger partial charge in [0.2, 0.25) is 5.91 Å². The van der Waals surface area contributed by atoms with Gasteiger partial charge < -0.3 is 48.4 Å². The van der Waals surface area contributed by atoms with Gasteiger partial charge in [-0.2, -0.15) is 0 Å². The molecule has 4 rings (SSSR count). The summed E-state index contributed by atoms with van der Waals surface area (Å²) in [6.45, 7) is 14.2. The smallest absolute Gasteiger partial charge is 0.410 e. The number of hydrogen-bond acceptors (Lipinski definition) is 12. The zero-order chi connectivity index (χ0) is 41.9. The van der Waals surface area contributed by atoms with Crippen LogP contribution in [0.15, 0.2) is 36.0 Å². The standard InChI is InChI=1S/C41H63N3O13/c1-26(25-41(6)39(57-41)29(4)38(52-7)30(5)45)9-8-10-27(2)37-28(3)32(23-31(55-37)24-36(49)50)56-40(51)43-16-14-42(15-17-43)33(46)13-19-53-21-22-54-20-18-44-34(47)11-12-35(44)48/h8-12,26,28-32,37-39,45H,13-25H2,1-7H3,(H,49,50)/b9-8+,27-10+/t26-,28+,29-,30-,31-,32-,37-,38-,39-,41-/m1/s1. The van der Waals surface area contributed by atoms with Crippen LogP contribution in [0, 0.1) is 17.8 Å². The predicted octanol–water partition coefficient (Wildman–Crippen LogP) is 2.97. The van der Waals surface area contributed by atoms with Crippen molar-refractivity contribution in [2.75, 3.05) is 66.3 Å². The maximum Gasteiger partial charge on any atom is 0.410 e. The summed E-state index contributed by atoms with van der Waals surface area (Å²) in [6.07, 6.45) is 6.39. The first-order chi connectivity index (χ1) is 27.0. The van der Waals surface area contributed by atoms with E-state index in [0.717, 1.165) is 16.9 Å². The van der Waals surface area contributed by atoms with Crippen LogP contribution >= 0.6 is 0 Å². The number of carbonyl (C=O) groups excluding carboxylic acids is 4. The average Bonchev–Trinajstić information content (AvgIpc) is 3.72. The molecule has 4 amide bonds. The van der Waals surface area contributed by atoms with Gasteiger partial charge in [0.1, 0.15) is 6.10 Å². The van der Waals surface area contributed by atoms with E-state index in [2.05, 4.69) is 19.9 Å². The number of carboxylic acids is 1. The molecule has 4 aliphatic rings. The molecule has 4 heterocycles. The Morgan fingerprint density at radius 3 is 2.25 bits per heavy atom. The summed E-state index contributed by atoms with van der Waals surface area (Å²) in [5, 5.41) is 19.7. The lowest BCUT2D eigenvalue weighted by molar-refractivity contribution is -0.151. The largest absolute Gasteiger partial charge is 0.481 e. The first kappa shape index (κ1) is 46.0. The molecule has 4 aliphatic heterocycles. The Balaban J connectivity index is 1.19. The highest BCUT2D eigenvalue weighted by Crippen LogP contribution is 2.47. The molecular formula is C41H63N3O13. The zero-order valence-corrected chi connectivity index (χ0v) is 34.5. The molecule has 16 heteroatoms. The number of nitrogens with zero attached hydrogens (tertiary/aromatic N) is 3. The topological polar surface area (TPSA) is 194 Å². The van der Waals surface area contributed by atoms with E-state index in [1.807, 2.05) is 32.9 Å². The molecule has 2 N–H and O–H groups in total. The molecule has 0 radical (unpaired) electrons. The van der Waals surface area contributed by atoms with Crippen molar-refractivity contribution in [3.8, 4) is 0 Å². The van der Waals surface area contributed by atoms with E-state index in [-0.39, 0.29) is 106 Å². The van der Waals surface area contributed by atoms with Crippen molar-refractivity contribution < 1.29 is 62.6 Å². The first-order valence-electron chi connectivity index (χ1n) is 20.1. The monoisotopic (exact) mass is 805 g/mol. The van der Waals surface area contributed by atoms with Gasteiger partial charge in [0.15, 0.2) is 0 Å². The Bertz CT molecular complexity index is 1470. The quantitative estimate of drug-likeness (QED) is 0.0745. The summed E-state index contributed by atoms with van der Waals surface area (Å²) in [5.74, 6) is -1.81. The molecule has 3 fully saturated rings. The van der Waals surface area contributed by atoms with E-state index in [4.69, 9.17) is 28.4 Å². The van der Waals surface area contributed by atoms with Crippen LogP contribution in [-0.2, 0) is 47.6 Å². The summed E-state index contributed by atoms with van der Waals surface area (Å²) >= 11 is 0. The fourth-order valence-electron chi connectivity index (χ4n) is 8.15. The molecule has 3 saturated heterocycles. The molecule has 0 aromatic carbocycles. The van der Waals surface area contributed by atoms with Gasteiger partial charge in [-0.1, -0.05) is 39.0 Å². The second kappa shape index (κ2) is 21.4. The van der Waals surface area contributed by atoms with Gasteiger partial charge in [0.05, 0.1) is 81.9 Å². The van der Waals surface area contributed by atoms with Crippen LogP contribution in [-0.4, -0.2) is 163 Å². The fourth-order valence-corrected chi connectivity index (χ4v) is 8.15. The number of aliphatic hydroxyl groups excluding tert-OH is 1. The number of amides is 4. The van der Waals surface area contributed by atoms with E-state index in [9.17, 15) is 34.2 Å². The molecule has 0 aromatic heterocycles. The number of allylic oxidation sites excluding steroid dienone is 3. The van der Waals surface area contributed by atoms with Crippen molar-refractivity contribution in [1.82, 2.24) is 14.7 Å². The minimum Gasteiger partial charge on any atom is -0.481 e. The molecule has 0 aromatic rings. The van der Waals surface area contributed by atoms with Gasteiger partial charge in [-0.25, -0.2) is 4.79 Å². The third-order valence-corrected chi connectivity index (χ3v) is 11.3. The number of carbonyl (C=O) groups is 5. The van der Waals surface area contributed by atoms with Gasteiger partial charge in [-0.15, -0.1) is 0 Å². The molecule has 0 aliphatic carbocycles. The number of piperazine rings is 1. The maximum atomic E-state index is 13.4. The SMILES string of the molecule is CO[C@H]([C@@H](C)[C@H]1O[C@]1(C)C[C@H](C)/C=C/C=C(\C)[C@H]1O[C@@H](CC(=O)O)C[C@@H](OC(=O)N2CCN(C(=O)CCOCCOCCN3C(=O)C=CC3=O)CC2)[C@@H]1C)[C@@H](C)O. The van der Waals surface area contributed by atoms with E-state index in [1.165, 1.54) is 12.2 Å². The summed E-state index contributed by atoms with van der Waals surface area (Å²) in [5.41, 5.74) is 0.573. The van der Waals surface area contributed by atoms with Gasteiger partial charge in [-0.3, -0.25) is 24.1 Å². The maximum absolute atomic E-state index is 13.4. The molecule has 320 valence electrons. The minimum atomic E-state index is -0.995. The number of carboxylic acid groups (broad SMARTS) is 1. The van der Waals surface area contributed by atoms with Crippen LogP contribution < -0.4 is 0 Å². The molecule has 0 spiro atoms. The van der Waals surface area contributed by atoms with E-state index < -0.39 is 36.5 Å². The van der Waals surface area contributed by atoms with Crippen molar-refractivity contribution in [3.05, 3.63) is 36.0 Å². The molecule has 57 heavy (non-hydrogen) atoms. The summed E-state index contributed by atoms with van der Waals surface area (Å²) in [4.78, 5) is 65.3. The second-order valence-corrected chi connectivity index (χ2v) is 15.9. The first-order valence-corrected chi connectivity index (χ1v) is 20.1. The van der Waals surface area contributed by atoms with Crippen molar-refractivity contribution in [2.45, 2.75) is 109 Å². The Labute approximate surface area is 336 Å². The number of imide groups is 1. The summed E-state index contributed by atoms with van der Waals surface area (Å²) < 4.78 is 34.8. The summed E-state index contributed by atoms with van der Waals surface area (Å²) in [6, 6.07) is 0. The molecule has 0 saturated carbocycles. The molecule has 10 atom stereocenters. The van der Waals surface area contributed by atoms with Crippen molar-refractivity contribution in [1.29, 1.82) is 0 Å². The number of aliphatic hydroxyl groups is 1. The lowest BCUT2D eigenvalue weighted by atomic mass is 9.85. The van der Waals surface area contributed by atoms with Gasteiger partial charge in [-0.05, 0) is 38.7 Å². The van der Waals surface area contributed by atoms with Crippen LogP contribution in [0.3, 0.4) is 0 Å². The third kappa shape index (κ3) is 13.2. The molecule has 0 unspecified atom stereocenters. The third-order valence-electron chi connectivity index (χ3n) is 11.3. The van der Waals surface area contributed by atoms with Gasteiger partial charge in [0, 0.05) is 63.7 Å². The van der Waals surface area contributed by atoms with Crippen LogP contribution in [0.4, 0.5) is 4.79 Å². The Morgan fingerprint density at radius 1 is 1.00 bits per heavy atom. The minimum absolute atomic E-state index is 0.0114. The van der Waals surface area contributed by atoms with Crippen LogP contribution in [0.5, 0.6) is 0 Å². The zero-order valence-electron chi connectivity index (χ0n) is 34.5. The van der Waals surface area contributed by atoms with Gasteiger partial charge in [0.25, 0.3) is 11.8 Å². The highest BCUT2D eigenvalue weighted by atomic mass is 16.6. The number of hydrogen-bond donors (Lipinski definition) is 2. The van der Waals surface area contributed by atoms with Gasteiger partial charge >= 0.3 is 12.1 Å². The van der Waals surface area contributed by atoms with E-state index in [1.54, 1.807) is 23.8 Å². The molecule has 0 bridgehead atoms. The highest BCUT2D eigenvalue weighted by Gasteiger charge is 2.57. The van der Waals surface area contributed by atoms with Crippen molar-refractivity contribution in [3.63, 3.8) is 0 Å². The molecule has 16 nitrogen and oxygen atoms in total. The molecular weight excluding hydrogens is 742 g/mol. The lowest BCUT2D eigenvalue weighted by Gasteiger charge is -2.41. The number of rotatable bonds is 21. The number of aliphatic carboxylic acids is 1. The van der Waals surface area contributed by atoms with Crippen molar-refractivity contribution in [2.24, 2.45) is 17.8 Å². The lowest BCUT2D eigenvalue weighted by Crippen LogP contribution is -2.53. The normalized spacial score (nSPS) is 28.8. The van der Waals surface area contributed by atoms with Crippen LogP contribution in [0.25, 0.3) is 0 Å². The fraction of sp³-hybridized carbons (Fsp3) is 0.732. The van der Waals surface area contributed by atoms with Crippen LogP contribution in [0.1, 0.15) is 67.2 Å². The Morgan fingerprint density at radius 2 is 1.63 bits per heavy atom. The van der Waals surface area contributed by atoms with E-state index >= 15 is 0 Å². The average molecular weight is 806 g/mol. The highest BCUT2D eigenvalue weighted by molar-refractivity contribution is 6.12. The number of ether oxygens (including phenoxy) is 6.